The summed E-state index contributed by atoms with van der Waals surface area (Å²) in [6, 6.07) is 22.8. The number of fused-ring (bicyclic) bond motifs is 13. The van der Waals surface area contributed by atoms with Crippen LogP contribution in [-0.2, 0) is 20.8 Å². The van der Waals surface area contributed by atoms with Crippen molar-refractivity contribution in [2.24, 2.45) is 0 Å². The normalized spacial score (nSPS) is 17.6. The van der Waals surface area contributed by atoms with Crippen LogP contribution in [0.2, 0.25) is 0 Å². The third-order valence-corrected chi connectivity index (χ3v) is 6.42. The number of amides is 2. The number of hydrogen-bond acceptors (Lipinski definition) is 5. The van der Waals surface area contributed by atoms with Gasteiger partial charge >= 0.3 is 5.97 Å². The maximum atomic E-state index is 13.4. The van der Waals surface area contributed by atoms with Crippen molar-refractivity contribution in [2.45, 2.75) is 44.6 Å². The number of hydrogen-bond donors (Lipinski definition) is 2. The van der Waals surface area contributed by atoms with Gasteiger partial charge in [-0.2, -0.15) is 0 Å². The summed E-state index contributed by atoms with van der Waals surface area (Å²) in [5.74, 6) is -0.114. The quantitative estimate of drug-likeness (QED) is 0.362. The average molecular weight is 527 g/mol. The fourth-order valence-corrected chi connectivity index (χ4v) is 4.26. The summed E-state index contributed by atoms with van der Waals surface area (Å²) in [6.45, 7) is 1.17. The molecule has 2 N–H and O–H groups in total. The number of para-hydroxylation sites is 1. The van der Waals surface area contributed by atoms with Crippen LogP contribution < -0.4 is 20.1 Å². The molecule has 2 bridgehead atoms. The number of carbonyl (C=O) groups excluding carboxylic acids is 3. The lowest BCUT2D eigenvalue weighted by Gasteiger charge is -2.19. The van der Waals surface area contributed by atoms with Crippen molar-refractivity contribution in [1.29, 1.82) is 0 Å². The van der Waals surface area contributed by atoms with Gasteiger partial charge < -0.3 is 20.1 Å². The predicted molar refractivity (Wildman–Crippen MR) is 150 cm³/mol. The average Bonchev–Trinajstić information content (AvgIpc) is 2.96. The summed E-state index contributed by atoms with van der Waals surface area (Å²) in [6.07, 6.45) is 7.62. The molecular formula is C32H34N2O5. The first-order chi connectivity index (χ1) is 19.1. The van der Waals surface area contributed by atoms with Gasteiger partial charge in [0.25, 0.3) is 0 Å². The molecule has 0 aliphatic carbocycles. The molecule has 0 aromatic heterocycles. The van der Waals surface area contributed by atoms with Gasteiger partial charge in [0, 0.05) is 24.6 Å². The Hall–Kier alpha value is -4.39. The van der Waals surface area contributed by atoms with Crippen LogP contribution in [0, 0.1) is 0 Å². The molecule has 3 aromatic carbocycles. The highest BCUT2D eigenvalue weighted by Crippen LogP contribution is 2.24. The predicted octanol–water partition coefficient (Wildman–Crippen LogP) is 5.16. The maximum absolute atomic E-state index is 13.4. The smallest absolute Gasteiger partial charge is 0.338 e. The Morgan fingerprint density at radius 3 is 2.41 bits per heavy atom. The summed E-state index contributed by atoms with van der Waals surface area (Å²) >= 11 is 0. The highest BCUT2D eigenvalue weighted by molar-refractivity contribution is 5.92. The van der Waals surface area contributed by atoms with E-state index in [9.17, 15) is 14.4 Å². The van der Waals surface area contributed by atoms with E-state index in [0.717, 1.165) is 31.2 Å². The van der Waals surface area contributed by atoms with Crippen molar-refractivity contribution >= 4 is 23.9 Å². The molecule has 0 spiro atoms. The largest absolute Gasteiger partial charge is 0.494 e. The SMILES string of the molecule is O=C1/C=C/c2ccccc2OC(=O)[C@@H](NC(=O)CCc2ccccc2)c2ccc(cc2)OCCCCCCN1. The van der Waals surface area contributed by atoms with E-state index in [1.807, 2.05) is 30.3 Å². The van der Waals surface area contributed by atoms with E-state index in [0.29, 0.717) is 42.2 Å². The molecule has 7 nitrogen and oxygen atoms in total. The zero-order chi connectivity index (χ0) is 27.3. The molecule has 39 heavy (non-hydrogen) atoms. The van der Waals surface area contributed by atoms with Gasteiger partial charge in [-0.1, -0.05) is 73.5 Å². The van der Waals surface area contributed by atoms with Crippen LogP contribution in [0.3, 0.4) is 0 Å². The standard InChI is InChI=1S/C32H34N2O5/c35-29-21-17-25-12-6-7-13-28(25)39-32(37)31(34-30(36)20-14-24-10-4-3-5-11-24)26-15-18-27(19-16-26)38-23-9-2-1-8-22-33-29/h3-7,10-13,15-19,21,31H,1-2,8-9,14,20,22-23H2,(H,33,35)(H,34,36)/b21-17+/t31-/m0/s1. The third-order valence-electron chi connectivity index (χ3n) is 6.42. The minimum Gasteiger partial charge on any atom is -0.494 e. The summed E-state index contributed by atoms with van der Waals surface area (Å²) in [4.78, 5) is 38.6. The summed E-state index contributed by atoms with van der Waals surface area (Å²) in [5.41, 5.74) is 2.20. The van der Waals surface area contributed by atoms with Gasteiger partial charge in [0.1, 0.15) is 11.5 Å². The number of rotatable bonds is 4. The van der Waals surface area contributed by atoms with E-state index in [2.05, 4.69) is 10.6 Å². The number of benzene rings is 3. The molecule has 0 saturated heterocycles. The highest BCUT2D eigenvalue weighted by atomic mass is 16.5. The zero-order valence-electron chi connectivity index (χ0n) is 21.9. The second-order valence-corrected chi connectivity index (χ2v) is 9.40. The number of carbonyl (C=O) groups is 3. The van der Waals surface area contributed by atoms with Crippen LogP contribution in [0.4, 0.5) is 0 Å². The minimum atomic E-state index is -1.02. The van der Waals surface area contributed by atoms with Gasteiger partial charge in [-0.15, -0.1) is 0 Å². The topological polar surface area (TPSA) is 93.7 Å². The van der Waals surface area contributed by atoms with Gasteiger partial charge in [-0.25, -0.2) is 4.79 Å². The van der Waals surface area contributed by atoms with E-state index < -0.39 is 12.0 Å². The first-order valence-electron chi connectivity index (χ1n) is 13.4. The Labute approximate surface area is 229 Å². The molecule has 5 rings (SSSR count). The fraction of sp³-hybridized carbons (Fsp3) is 0.281. The zero-order valence-corrected chi connectivity index (χ0v) is 21.9. The number of aryl methyl sites for hydroxylation is 1. The monoisotopic (exact) mass is 526 g/mol. The molecule has 0 saturated carbocycles. The van der Waals surface area contributed by atoms with Crippen LogP contribution in [0.1, 0.15) is 54.8 Å². The van der Waals surface area contributed by atoms with Crippen molar-refractivity contribution in [3.05, 3.63) is 102 Å². The molecule has 202 valence electrons. The molecule has 2 heterocycles. The van der Waals surface area contributed by atoms with Crippen molar-refractivity contribution in [2.75, 3.05) is 13.2 Å². The van der Waals surface area contributed by atoms with Gasteiger partial charge in [-0.05, 0) is 54.7 Å². The lowest BCUT2D eigenvalue weighted by atomic mass is 10.1. The second-order valence-electron chi connectivity index (χ2n) is 9.40. The van der Waals surface area contributed by atoms with Crippen LogP contribution in [0.25, 0.3) is 6.08 Å². The third kappa shape index (κ3) is 8.85. The van der Waals surface area contributed by atoms with Crippen molar-refractivity contribution in [3.8, 4) is 11.5 Å². The van der Waals surface area contributed by atoms with E-state index in [-0.39, 0.29) is 18.2 Å². The lowest BCUT2D eigenvalue weighted by molar-refractivity contribution is -0.139. The van der Waals surface area contributed by atoms with Crippen LogP contribution in [0.5, 0.6) is 11.5 Å². The minimum absolute atomic E-state index is 0.211. The number of esters is 1. The first kappa shape index (κ1) is 27.6. The maximum Gasteiger partial charge on any atom is 0.338 e. The van der Waals surface area contributed by atoms with Gasteiger partial charge in [-0.3, -0.25) is 9.59 Å². The molecule has 2 aliphatic heterocycles. The summed E-state index contributed by atoms with van der Waals surface area (Å²) < 4.78 is 11.6. The van der Waals surface area contributed by atoms with Gasteiger partial charge in [0.2, 0.25) is 11.8 Å². The Kier molecular flexibility index (Phi) is 10.3. The molecule has 2 amide bonds. The molecular weight excluding hydrogens is 492 g/mol. The molecule has 7 heteroatoms. The second kappa shape index (κ2) is 14.5. The highest BCUT2D eigenvalue weighted by Gasteiger charge is 2.25. The van der Waals surface area contributed by atoms with Crippen LogP contribution >= 0.6 is 0 Å². The summed E-state index contributed by atoms with van der Waals surface area (Å²) in [5, 5.41) is 5.73. The lowest BCUT2D eigenvalue weighted by Crippen LogP contribution is -2.36. The van der Waals surface area contributed by atoms with Crippen molar-refractivity contribution in [1.82, 2.24) is 10.6 Å². The first-order valence-corrected chi connectivity index (χ1v) is 13.4. The molecule has 1 atom stereocenters. The Bertz CT molecular complexity index is 1270. The van der Waals surface area contributed by atoms with E-state index in [1.165, 1.54) is 6.08 Å². The van der Waals surface area contributed by atoms with Crippen molar-refractivity contribution in [3.63, 3.8) is 0 Å². The van der Waals surface area contributed by atoms with Crippen molar-refractivity contribution < 1.29 is 23.9 Å². The van der Waals surface area contributed by atoms with E-state index in [4.69, 9.17) is 9.47 Å². The number of ether oxygens (including phenoxy) is 2. The Morgan fingerprint density at radius 1 is 0.846 bits per heavy atom. The van der Waals surface area contributed by atoms with Gasteiger partial charge in [0.15, 0.2) is 6.04 Å². The molecule has 0 radical (unpaired) electrons. The van der Waals surface area contributed by atoms with Gasteiger partial charge in [0.05, 0.1) is 6.61 Å². The van der Waals surface area contributed by atoms with Crippen LogP contribution in [-0.4, -0.2) is 30.9 Å². The fourth-order valence-electron chi connectivity index (χ4n) is 4.26. The molecule has 0 unspecified atom stereocenters. The Morgan fingerprint density at radius 2 is 1.59 bits per heavy atom. The molecule has 0 fully saturated rings. The molecule has 3 aromatic rings. The number of nitrogens with one attached hydrogen (secondary N) is 2. The van der Waals surface area contributed by atoms with Crippen LogP contribution in [0.15, 0.2) is 84.9 Å². The Balaban J connectivity index is 1.56. The molecule has 2 aliphatic rings. The van der Waals surface area contributed by atoms with E-state index in [1.54, 1.807) is 54.6 Å². The summed E-state index contributed by atoms with van der Waals surface area (Å²) in [7, 11) is 0. The van der Waals surface area contributed by atoms with E-state index >= 15 is 0 Å².